The fourth-order valence-corrected chi connectivity index (χ4v) is 3.06. The summed E-state index contributed by atoms with van der Waals surface area (Å²) in [4.78, 5) is 2.76. The molecular formula is C16H21FN4O2S. The van der Waals surface area contributed by atoms with Gasteiger partial charge in [0.05, 0.1) is 17.0 Å². The zero-order chi connectivity index (χ0) is 18.1. The molecule has 1 aliphatic rings. The van der Waals surface area contributed by atoms with Crippen molar-refractivity contribution in [2.45, 2.75) is 51.4 Å². The minimum atomic E-state index is -1.45. The van der Waals surface area contributed by atoms with Gasteiger partial charge in [-0.1, -0.05) is 5.11 Å². The minimum Gasteiger partial charge on any atom is -0.486 e. The van der Waals surface area contributed by atoms with Gasteiger partial charge in [-0.15, -0.1) is 0 Å². The van der Waals surface area contributed by atoms with Crippen molar-refractivity contribution in [1.29, 1.82) is 0 Å². The number of nitrogens with zero attached hydrogens (tertiary/aromatic N) is 4. The van der Waals surface area contributed by atoms with E-state index in [1.807, 2.05) is 27.7 Å². The number of hydrogen-bond donors (Lipinski definition) is 0. The smallest absolute Gasteiger partial charge is 0.145 e. The van der Waals surface area contributed by atoms with Gasteiger partial charge in [0, 0.05) is 22.5 Å². The lowest BCUT2D eigenvalue weighted by molar-refractivity contribution is 0.125. The third kappa shape index (κ3) is 3.94. The zero-order valence-corrected chi connectivity index (χ0v) is 15.3. The fourth-order valence-electron chi connectivity index (χ4n) is 2.44. The standard InChI is InChI=1S/C16H21FN4O2S/c1-10(20-24(22)15(2,3)4)13-7-12(17)6-11-8-16(5,9-19-21-18)23-14(11)13/h6-7H,8-9H2,1-5H3/b20-10+/t16-,24?/m0/s1. The first kappa shape index (κ1) is 18.4. The van der Waals surface area contributed by atoms with Crippen molar-refractivity contribution < 1.29 is 13.3 Å². The van der Waals surface area contributed by atoms with Gasteiger partial charge in [0.25, 0.3) is 0 Å². The third-order valence-corrected chi connectivity index (χ3v) is 5.13. The number of ether oxygens (including phenoxy) is 1. The summed E-state index contributed by atoms with van der Waals surface area (Å²) >= 11 is 0. The number of halogens is 1. The maximum atomic E-state index is 14.0. The average Bonchev–Trinajstić information content (AvgIpc) is 2.79. The van der Waals surface area contributed by atoms with Crippen LogP contribution >= 0.6 is 0 Å². The Morgan fingerprint density at radius 2 is 2.17 bits per heavy atom. The molecular weight excluding hydrogens is 331 g/mol. The number of azide groups is 1. The van der Waals surface area contributed by atoms with E-state index in [2.05, 4.69) is 14.4 Å². The molecule has 0 aliphatic carbocycles. The molecule has 0 radical (unpaired) electrons. The minimum absolute atomic E-state index is 0.142. The quantitative estimate of drug-likeness (QED) is 0.353. The molecule has 0 fully saturated rings. The van der Waals surface area contributed by atoms with Crippen LogP contribution in [0.15, 0.2) is 21.6 Å². The van der Waals surface area contributed by atoms with E-state index in [1.54, 1.807) is 6.92 Å². The lowest BCUT2D eigenvalue weighted by Gasteiger charge is -2.22. The van der Waals surface area contributed by atoms with Gasteiger partial charge in [0.1, 0.15) is 28.2 Å². The molecule has 1 aromatic carbocycles. The molecule has 0 N–H and O–H groups in total. The molecule has 0 aromatic heterocycles. The topological polar surface area (TPSA) is 87.4 Å². The van der Waals surface area contributed by atoms with Crippen LogP contribution in [0.1, 0.15) is 45.7 Å². The predicted octanol–water partition coefficient (Wildman–Crippen LogP) is 4.10. The highest BCUT2D eigenvalue weighted by Gasteiger charge is 2.36. The molecule has 2 rings (SSSR count). The van der Waals surface area contributed by atoms with Crippen LogP contribution < -0.4 is 4.74 Å². The van der Waals surface area contributed by atoms with E-state index >= 15 is 0 Å². The van der Waals surface area contributed by atoms with Crippen LogP contribution in [0.5, 0.6) is 5.75 Å². The zero-order valence-electron chi connectivity index (χ0n) is 14.5. The van der Waals surface area contributed by atoms with Crippen LogP contribution in [0.2, 0.25) is 0 Å². The van der Waals surface area contributed by atoms with Crippen LogP contribution in [-0.4, -0.2) is 26.8 Å². The molecule has 0 amide bonds. The van der Waals surface area contributed by atoms with Gasteiger partial charge in [-0.05, 0) is 52.3 Å². The summed E-state index contributed by atoms with van der Waals surface area (Å²) in [6, 6.07) is 2.74. The highest BCUT2D eigenvalue weighted by Crippen LogP contribution is 2.39. The Hall–Kier alpha value is -1.92. The Bertz CT molecular complexity index is 766. The van der Waals surface area contributed by atoms with Gasteiger partial charge in [-0.2, -0.15) is 4.40 Å². The van der Waals surface area contributed by atoms with Crippen molar-refractivity contribution in [3.05, 3.63) is 39.5 Å². The van der Waals surface area contributed by atoms with Crippen molar-refractivity contribution in [2.75, 3.05) is 6.54 Å². The molecule has 8 heteroatoms. The molecule has 2 atom stereocenters. The molecule has 1 aliphatic heterocycles. The molecule has 0 saturated carbocycles. The van der Waals surface area contributed by atoms with Crippen molar-refractivity contribution in [1.82, 2.24) is 0 Å². The van der Waals surface area contributed by atoms with Gasteiger partial charge in [0.15, 0.2) is 0 Å². The van der Waals surface area contributed by atoms with Crippen molar-refractivity contribution in [3.63, 3.8) is 0 Å². The van der Waals surface area contributed by atoms with Gasteiger partial charge in [-0.25, -0.2) is 8.60 Å². The van der Waals surface area contributed by atoms with Crippen molar-refractivity contribution in [3.8, 4) is 5.75 Å². The average molecular weight is 352 g/mol. The van der Waals surface area contributed by atoms with Crippen LogP contribution in [0.4, 0.5) is 4.39 Å². The Morgan fingerprint density at radius 3 is 2.75 bits per heavy atom. The molecule has 0 spiro atoms. The Kier molecular flexibility index (Phi) is 5.01. The lowest BCUT2D eigenvalue weighted by atomic mass is 9.98. The van der Waals surface area contributed by atoms with Crippen molar-refractivity contribution >= 4 is 16.7 Å². The van der Waals surface area contributed by atoms with E-state index in [4.69, 9.17) is 10.3 Å². The van der Waals surface area contributed by atoms with Crippen LogP contribution in [0, 0.1) is 5.82 Å². The van der Waals surface area contributed by atoms with E-state index in [9.17, 15) is 8.60 Å². The third-order valence-electron chi connectivity index (χ3n) is 3.65. The fraction of sp³-hybridized carbons (Fsp3) is 0.562. The summed E-state index contributed by atoms with van der Waals surface area (Å²) in [7, 11) is -1.45. The van der Waals surface area contributed by atoms with Gasteiger partial charge in [0.2, 0.25) is 0 Å². The SMILES string of the molecule is C/C(=N\S(=O)C(C)(C)C)c1cc(F)cc2c1O[C@](C)(CN=[N+]=[N-])C2. The van der Waals surface area contributed by atoms with E-state index < -0.39 is 27.2 Å². The molecule has 130 valence electrons. The van der Waals surface area contributed by atoms with Crippen LogP contribution in [0.25, 0.3) is 10.4 Å². The van der Waals surface area contributed by atoms with Gasteiger partial charge in [-0.3, -0.25) is 0 Å². The summed E-state index contributed by atoms with van der Waals surface area (Å²) < 4.78 is 35.9. The first-order valence-electron chi connectivity index (χ1n) is 7.56. The highest BCUT2D eigenvalue weighted by atomic mass is 32.2. The van der Waals surface area contributed by atoms with Crippen LogP contribution in [-0.2, 0) is 17.4 Å². The Labute approximate surface area is 143 Å². The van der Waals surface area contributed by atoms with E-state index in [0.29, 0.717) is 29.0 Å². The number of benzene rings is 1. The largest absolute Gasteiger partial charge is 0.486 e. The lowest BCUT2D eigenvalue weighted by Crippen LogP contribution is -2.33. The summed E-state index contributed by atoms with van der Waals surface area (Å²) in [5.74, 6) is 0.107. The van der Waals surface area contributed by atoms with Crippen molar-refractivity contribution in [2.24, 2.45) is 9.51 Å². The molecule has 0 bridgehead atoms. The second kappa shape index (κ2) is 6.53. The van der Waals surface area contributed by atoms with Gasteiger partial charge < -0.3 is 4.74 Å². The predicted molar refractivity (Wildman–Crippen MR) is 93.3 cm³/mol. The summed E-state index contributed by atoms with van der Waals surface area (Å²) in [5, 5.41) is 3.57. The summed E-state index contributed by atoms with van der Waals surface area (Å²) in [6.45, 7) is 9.10. The molecule has 6 nitrogen and oxygen atoms in total. The highest BCUT2D eigenvalue weighted by molar-refractivity contribution is 7.85. The maximum Gasteiger partial charge on any atom is 0.145 e. The monoisotopic (exact) mass is 352 g/mol. The van der Waals surface area contributed by atoms with E-state index in [1.165, 1.54) is 12.1 Å². The number of hydrogen-bond acceptors (Lipinski definition) is 3. The van der Waals surface area contributed by atoms with E-state index in [0.717, 1.165) is 0 Å². The number of fused-ring (bicyclic) bond motifs is 1. The Morgan fingerprint density at radius 1 is 1.50 bits per heavy atom. The molecule has 24 heavy (non-hydrogen) atoms. The second-order valence-corrected chi connectivity index (χ2v) is 9.00. The maximum absolute atomic E-state index is 14.0. The normalized spacial score (nSPS) is 21.7. The first-order chi connectivity index (χ1) is 11.1. The summed E-state index contributed by atoms with van der Waals surface area (Å²) in [5.41, 5.74) is 9.41. The molecule has 1 unspecified atom stereocenters. The summed E-state index contributed by atoms with van der Waals surface area (Å²) in [6.07, 6.45) is 0.432. The first-order valence-corrected chi connectivity index (χ1v) is 8.66. The van der Waals surface area contributed by atoms with E-state index in [-0.39, 0.29) is 6.54 Å². The number of rotatable bonds is 4. The van der Waals surface area contributed by atoms with Crippen LogP contribution in [0.3, 0.4) is 0 Å². The molecule has 0 saturated heterocycles. The molecule has 1 heterocycles. The Balaban J connectivity index is 2.44. The molecule has 1 aromatic rings. The van der Waals surface area contributed by atoms with Gasteiger partial charge >= 0.3 is 0 Å². The second-order valence-electron chi connectivity index (χ2n) is 7.10.